The smallest absolute Gasteiger partial charge is 0.382 e. The van der Waals surface area contributed by atoms with Gasteiger partial charge in [0.15, 0.2) is 0 Å². The highest BCUT2D eigenvalue weighted by Crippen LogP contribution is 2.23. The first kappa shape index (κ1) is 13.9. The molecular weight excluding hydrogens is 227 g/mol. The quantitative estimate of drug-likeness (QED) is 0.803. The first-order valence-corrected chi connectivity index (χ1v) is 5.77. The summed E-state index contributed by atoms with van der Waals surface area (Å²) in [5, 5.41) is 3.23. The van der Waals surface area contributed by atoms with Gasteiger partial charge in [0.25, 0.3) is 0 Å². The van der Waals surface area contributed by atoms with Crippen molar-refractivity contribution in [3.05, 3.63) is 29.8 Å². The zero-order chi connectivity index (χ0) is 12.9. The van der Waals surface area contributed by atoms with Crippen molar-refractivity contribution in [3.63, 3.8) is 0 Å². The van der Waals surface area contributed by atoms with E-state index in [1.165, 1.54) is 0 Å². The molecule has 96 valence electrons. The molecule has 0 radical (unpaired) electrons. The summed E-state index contributed by atoms with van der Waals surface area (Å²) in [5.41, 5.74) is 2.10. The van der Waals surface area contributed by atoms with Crippen molar-refractivity contribution in [2.24, 2.45) is 0 Å². The first-order valence-electron chi connectivity index (χ1n) is 5.77. The third kappa shape index (κ3) is 5.61. The molecule has 1 nitrogen and oxygen atoms in total. The van der Waals surface area contributed by atoms with Crippen LogP contribution >= 0.6 is 0 Å². The minimum absolute atomic E-state index is 0.0541. The SMILES string of the molecule is Cc1ccccc1NC(C)CCCC(F)(F)F. The lowest BCUT2D eigenvalue weighted by molar-refractivity contribution is -0.135. The zero-order valence-electron chi connectivity index (χ0n) is 10.1. The van der Waals surface area contributed by atoms with E-state index in [9.17, 15) is 13.2 Å². The van der Waals surface area contributed by atoms with Gasteiger partial charge in [-0.3, -0.25) is 0 Å². The minimum atomic E-state index is -4.04. The van der Waals surface area contributed by atoms with Gasteiger partial charge in [0.1, 0.15) is 0 Å². The normalized spacial score (nSPS) is 13.5. The van der Waals surface area contributed by atoms with Crippen LogP contribution in [0.5, 0.6) is 0 Å². The summed E-state index contributed by atoms with van der Waals surface area (Å²) in [6, 6.07) is 7.82. The van der Waals surface area contributed by atoms with E-state index in [1.807, 2.05) is 38.1 Å². The number of aryl methyl sites for hydroxylation is 1. The third-order valence-corrected chi connectivity index (χ3v) is 2.64. The van der Waals surface area contributed by atoms with Gasteiger partial charge in [0, 0.05) is 18.2 Å². The third-order valence-electron chi connectivity index (χ3n) is 2.64. The fraction of sp³-hybridized carbons (Fsp3) is 0.538. The second-order valence-electron chi connectivity index (χ2n) is 4.37. The lowest BCUT2D eigenvalue weighted by Crippen LogP contribution is -2.17. The number of alkyl halides is 3. The number of para-hydroxylation sites is 1. The molecule has 0 aliphatic carbocycles. The number of benzene rings is 1. The van der Waals surface area contributed by atoms with E-state index >= 15 is 0 Å². The number of rotatable bonds is 5. The van der Waals surface area contributed by atoms with Gasteiger partial charge < -0.3 is 5.32 Å². The summed E-state index contributed by atoms with van der Waals surface area (Å²) in [4.78, 5) is 0. The van der Waals surface area contributed by atoms with Crippen LogP contribution < -0.4 is 5.32 Å². The summed E-state index contributed by atoms with van der Waals surface area (Å²) >= 11 is 0. The molecule has 1 N–H and O–H groups in total. The van der Waals surface area contributed by atoms with Crippen molar-refractivity contribution in [2.75, 3.05) is 5.32 Å². The molecule has 1 rings (SSSR count). The van der Waals surface area contributed by atoms with E-state index in [2.05, 4.69) is 5.32 Å². The van der Waals surface area contributed by atoms with Crippen LogP contribution in [0.1, 0.15) is 31.7 Å². The Bertz CT molecular complexity index is 347. The van der Waals surface area contributed by atoms with E-state index < -0.39 is 12.6 Å². The van der Waals surface area contributed by atoms with Gasteiger partial charge in [-0.15, -0.1) is 0 Å². The van der Waals surface area contributed by atoms with Gasteiger partial charge >= 0.3 is 6.18 Å². The molecule has 1 aromatic carbocycles. The molecule has 0 heterocycles. The van der Waals surface area contributed by atoms with Crippen molar-refractivity contribution >= 4 is 5.69 Å². The van der Waals surface area contributed by atoms with Gasteiger partial charge in [-0.25, -0.2) is 0 Å². The summed E-state index contributed by atoms with van der Waals surface area (Å²) in [6.45, 7) is 3.88. The average Bonchev–Trinajstić information content (AvgIpc) is 2.19. The van der Waals surface area contributed by atoms with Gasteiger partial charge in [-0.2, -0.15) is 13.2 Å². The van der Waals surface area contributed by atoms with Crippen LogP contribution in [0.2, 0.25) is 0 Å². The van der Waals surface area contributed by atoms with E-state index in [4.69, 9.17) is 0 Å². The van der Waals surface area contributed by atoms with Gasteiger partial charge in [0.2, 0.25) is 0 Å². The molecule has 4 heteroatoms. The Morgan fingerprint density at radius 3 is 2.47 bits per heavy atom. The van der Waals surface area contributed by atoms with Gasteiger partial charge in [0.05, 0.1) is 0 Å². The Balaban J connectivity index is 2.35. The fourth-order valence-corrected chi connectivity index (χ4v) is 1.68. The Kier molecular flexibility index (Phi) is 4.85. The Labute approximate surface area is 100 Å². The van der Waals surface area contributed by atoms with Crippen LogP contribution in [0.15, 0.2) is 24.3 Å². The predicted octanol–water partition coefficient (Wildman–Crippen LogP) is 4.53. The molecule has 0 bridgehead atoms. The van der Waals surface area contributed by atoms with Crippen molar-refractivity contribution in [3.8, 4) is 0 Å². The number of nitrogens with one attached hydrogen (secondary N) is 1. The Hall–Kier alpha value is -1.19. The van der Waals surface area contributed by atoms with Crippen molar-refractivity contribution < 1.29 is 13.2 Å². The molecule has 0 aliphatic heterocycles. The largest absolute Gasteiger partial charge is 0.389 e. The minimum Gasteiger partial charge on any atom is -0.382 e. The van der Waals surface area contributed by atoms with Gasteiger partial charge in [-0.05, 0) is 38.3 Å². The maximum atomic E-state index is 12.0. The number of halogens is 3. The Morgan fingerprint density at radius 2 is 1.88 bits per heavy atom. The Morgan fingerprint density at radius 1 is 1.24 bits per heavy atom. The number of anilines is 1. The zero-order valence-corrected chi connectivity index (χ0v) is 10.1. The van der Waals surface area contributed by atoms with Crippen LogP contribution in [-0.2, 0) is 0 Å². The maximum Gasteiger partial charge on any atom is 0.389 e. The first-order chi connectivity index (χ1) is 7.88. The van der Waals surface area contributed by atoms with Crippen LogP contribution in [0, 0.1) is 6.92 Å². The van der Waals surface area contributed by atoms with Crippen LogP contribution in [-0.4, -0.2) is 12.2 Å². The molecule has 0 saturated heterocycles. The van der Waals surface area contributed by atoms with Crippen LogP contribution in [0.3, 0.4) is 0 Å². The molecular formula is C13H18F3N. The second-order valence-corrected chi connectivity index (χ2v) is 4.37. The van der Waals surface area contributed by atoms with Gasteiger partial charge in [-0.1, -0.05) is 18.2 Å². The molecule has 0 spiro atoms. The molecule has 1 unspecified atom stereocenters. The summed E-state index contributed by atoms with van der Waals surface area (Å²) < 4.78 is 35.9. The molecule has 1 aromatic rings. The molecule has 1 atom stereocenters. The monoisotopic (exact) mass is 245 g/mol. The molecule has 0 saturated carbocycles. The fourth-order valence-electron chi connectivity index (χ4n) is 1.68. The summed E-state index contributed by atoms with van der Waals surface area (Å²) in [7, 11) is 0. The highest BCUT2D eigenvalue weighted by molar-refractivity contribution is 5.50. The highest BCUT2D eigenvalue weighted by Gasteiger charge is 2.26. The van der Waals surface area contributed by atoms with Crippen LogP contribution in [0.25, 0.3) is 0 Å². The molecule has 0 amide bonds. The topological polar surface area (TPSA) is 12.0 Å². The average molecular weight is 245 g/mol. The second kappa shape index (κ2) is 5.94. The standard InChI is InChI=1S/C13H18F3N/c1-10-6-3-4-8-12(10)17-11(2)7-5-9-13(14,15)16/h3-4,6,8,11,17H,5,7,9H2,1-2H3. The van der Waals surface area contributed by atoms with E-state index in [0.717, 1.165) is 11.3 Å². The van der Waals surface area contributed by atoms with Crippen molar-refractivity contribution in [1.29, 1.82) is 0 Å². The maximum absolute atomic E-state index is 12.0. The molecule has 0 aromatic heterocycles. The van der Waals surface area contributed by atoms with E-state index in [-0.39, 0.29) is 12.5 Å². The number of hydrogen-bond donors (Lipinski definition) is 1. The van der Waals surface area contributed by atoms with Crippen molar-refractivity contribution in [1.82, 2.24) is 0 Å². The molecule has 0 fully saturated rings. The van der Waals surface area contributed by atoms with Crippen molar-refractivity contribution in [2.45, 2.75) is 45.3 Å². The van der Waals surface area contributed by atoms with E-state index in [0.29, 0.717) is 6.42 Å². The highest BCUT2D eigenvalue weighted by atomic mass is 19.4. The predicted molar refractivity (Wildman–Crippen MR) is 64.2 cm³/mol. The van der Waals surface area contributed by atoms with E-state index in [1.54, 1.807) is 0 Å². The number of hydrogen-bond acceptors (Lipinski definition) is 1. The lowest BCUT2D eigenvalue weighted by Gasteiger charge is -2.17. The van der Waals surface area contributed by atoms with Crippen LogP contribution in [0.4, 0.5) is 18.9 Å². The summed E-state index contributed by atoms with van der Waals surface area (Å²) in [5.74, 6) is 0. The lowest BCUT2D eigenvalue weighted by atomic mass is 10.1. The molecule has 17 heavy (non-hydrogen) atoms. The molecule has 0 aliphatic rings. The summed E-state index contributed by atoms with van der Waals surface area (Å²) in [6.07, 6.45) is -4.05.